The van der Waals surface area contributed by atoms with Gasteiger partial charge in [-0.25, -0.2) is 0 Å². The number of aliphatic carboxylic acids is 1. The fraction of sp³-hybridized carbons (Fsp3) is 0.769. The summed E-state index contributed by atoms with van der Waals surface area (Å²) in [4.78, 5) is 36.8. The number of carboxylic acids is 1. The zero-order valence-corrected chi connectivity index (χ0v) is 11.5. The second-order valence-corrected chi connectivity index (χ2v) is 5.28. The molecule has 3 unspecified atom stereocenters. The van der Waals surface area contributed by atoms with Crippen LogP contribution in [0.4, 0.5) is 0 Å². The maximum atomic E-state index is 12.5. The number of likely N-dealkylation sites (N-methyl/N-ethyl adjacent to an activating group) is 1. The van der Waals surface area contributed by atoms with Crippen LogP contribution in [-0.2, 0) is 19.1 Å². The van der Waals surface area contributed by atoms with Crippen molar-refractivity contribution in [3.05, 3.63) is 0 Å². The molecule has 0 bridgehead atoms. The van der Waals surface area contributed by atoms with Crippen LogP contribution in [0.5, 0.6) is 0 Å². The molecule has 1 heterocycles. The van der Waals surface area contributed by atoms with Gasteiger partial charge < -0.3 is 20.1 Å². The van der Waals surface area contributed by atoms with E-state index < -0.39 is 17.9 Å². The number of nitrogens with one attached hydrogen (secondary N) is 1. The summed E-state index contributed by atoms with van der Waals surface area (Å²) in [7, 11) is 1.52. The minimum Gasteiger partial charge on any atom is -0.481 e. The quantitative estimate of drug-likeness (QED) is 0.725. The van der Waals surface area contributed by atoms with E-state index in [1.807, 2.05) is 0 Å². The number of hydrogen-bond donors (Lipinski definition) is 2. The van der Waals surface area contributed by atoms with Crippen LogP contribution in [0, 0.1) is 11.8 Å². The second kappa shape index (κ2) is 6.21. The van der Waals surface area contributed by atoms with Crippen LogP contribution in [0.3, 0.4) is 0 Å². The highest BCUT2D eigenvalue weighted by atomic mass is 16.5. The maximum absolute atomic E-state index is 12.5. The fourth-order valence-corrected chi connectivity index (χ4v) is 2.92. The summed E-state index contributed by atoms with van der Waals surface area (Å²) < 4.78 is 5.26. The Morgan fingerprint density at radius 2 is 1.95 bits per heavy atom. The summed E-state index contributed by atoms with van der Waals surface area (Å²) in [5, 5.41) is 11.5. The highest BCUT2D eigenvalue weighted by Crippen LogP contribution is 2.33. The highest BCUT2D eigenvalue weighted by molar-refractivity contribution is 5.89. The molecule has 2 rings (SSSR count). The Kier molecular flexibility index (Phi) is 4.59. The van der Waals surface area contributed by atoms with Gasteiger partial charge in [0.1, 0.15) is 6.04 Å². The number of morpholine rings is 1. The van der Waals surface area contributed by atoms with Gasteiger partial charge in [0.05, 0.1) is 19.1 Å². The lowest BCUT2D eigenvalue weighted by atomic mass is 10.0. The molecule has 0 aromatic carbocycles. The predicted molar refractivity (Wildman–Crippen MR) is 68.9 cm³/mol. The molecular formula is C13H20N2O5. The zero-order valence-electron chi connectivity index (χ0n) is 11.5. The predicted octanol–water partition coefficient (Wildman–Crippen LogP) is -0.539. The number of nitrogens with zero attached hydrogens (tertiary/aromatic N) is 1. The molecule has 1 aliphatic heterocycles. The van der Waals surface area contributed by atoms with Gasteiger partial charge in [0.2, 0.25) is 11.8 Å². The first-order valence-electron chi connectivity index (χ1n) is 6.87. The maximum Gasteiger partial charge on any atom is 0.306 e. The van der Waals surface area contributed by atoms with E-state index in [-0.39, 0.29) is 24.3 Å². The van der Waals surface area contributed by atoms with Crippen molar-refractivity contribution in [1.82, 2.24) is 10.2 Å². The Balaban J connectivity index is 2.03. The molecule has 1 saturated carbocycles. The van der Waals surface area contributed by atoms with Crippen molar-refractivity contribution in [3.8, 4) is 0 Å². The largest absolute Gasteiger partial charge is 0.481 e. The first-order valence-corrected chi connectivity index (χ1v) is 6.87. The van der Waals surface area contributed by atoms with Gasteiger partial charge in [-0.15, -0.1) is 0 Å². The van der Waals surface area contributed by atoms with E-state index in [0.717, 1.165) is 0 Å². The molecule has 2 aliphatic rings. The molecule has 7 nitrogen and oxygen atoms in total. The summed E-state index contributed by atoms with van der Waals surface area (Å²) in [6.45, 7) is 0.986. The van der Waals surface area contributed by atoms with Crippen molar-refractivity contribution in [2.45, 2.75) is 25.3 Å². The van der Waals surface area contributed by atoms with E-state index in [9.17, 15) is 14.4 Å². The molecule has 7 heteroatoms. The minimum atomic E-state index is -0.842. The van der Waals surface area contributed by atoms with E-state index in [1.165, 1.54) is 11.9 Å². The van der Waals surface area contributed by atoms with E-state index >= 15 is 0 Å². The van der Waals surface area contributed by atoms with Crippen LogP contribution in [0.15, 0.2) is 0 Å². The van der Waals surface area contributed by atoms with Gasteiger partial charge in [0.25, 0.3) is 0 Å². The molecular weight excluding hydrogens is 264 g/mol. The summed E-state index contributed by atoms with van der Waals surface area (Å²) in [5.74, 6) is -1.94. The SMILES string of the molecule is CNC(=O)C1COCCN1C(=O)C1CCC(C(=O)O)C1. The molecule has 0 radical (unpaired) electrons. The molecule has 0 aromatic heterocycles. The molecule has 0 aromatic rings. The van der Waals surface area contributed by atoms with Gasteiger partial charge in [-0.2, -0.15) is 0 Å². The van der Waals surface area contributed by atoms with Crippen LogP contribution in [-0.4, -0.2) is 60.6 Å². The lowest BCUT2D eigenvalue weighted by Gasteiger charge is -2.35. The average molecular weight is 284 g/mol. The minimum absolute atomic E-state index is 0.120. The van der Waals surface area contributed by atoms with Gasteiger partial charge in [0, 0.05) is 19.5 Å². The molecule has 1 aliphatic carbocycles. The summed E-state index contributed by atoms with van der Waals surface area (Å²) in [6.07, 6.45) is 1.47. The Bertz CT molecular complexity index is 412. The Morgan fingerprint density at radius 3 is 2.55 bits per heavy atom. The monoisotopic (exact) mass is 284 g/mol. The topological polar surface area (TPSA) is 95.9 Å². The number of carboxylic acid groups (broad SMARTS) is 1. The first-order chi connectivity index (χ1) is 9.54. The Labute approximate surface area is 117 Å². The molecule has 20 heavy (non-hydrogen) atoms. The van der Waals surface area contributed by atoms with Crippen molar-refractivity contribution in [2.75, 3.05) is 26.8 Å². The number of rotatable bonds is 3. The van der Waals surface area contributed by atoms with Gasteiger partial charge in [0.15, 0.2) is 0 Å². The second-order valence-electron chi connectivity index (χ2n) is 5.28. The molecule has 2 fully saturated rings. The Hall–Kier alpha value is -1.63. The molecule has 0 spiro atoms. The number of carbonyl (C=O) groups is 3. The molecule has 112 valence electrons. The standard InChI is InChI=1S/C13H20N2O5/c1-14-11(16)10-7-20-5-4-15(10)12(17)8-2-3-9(6-8)13(18)19/h8-10H,2-7H2,1H3,(H,14,16)(H,18,19). The van der Waals surface area contributed by atoms with Gasteiger partial charge in [-0.1, -0.05) is 0 Å². The smallest absolute Gasteiger partial charge is 0.306 e. The van der Waals surface area contributed by atoms with Crippen molar-refractivity contribution >= 4 is 17.8 Å². The van der Waals surface area contributed by atoms with Crippen molar-refractivity contribution in [2.24, 2.45) is 11.8 Å². The Morgan fingerprint density at radius 1 is 1.25 bits per heavy atom. The van der Waals surface area contributed by atoms with E-state index in [4.69, 9.17) is 9.84 Å². The molecule has 2 N–H and O–H groups in total. The van der Waals surface area contributed by atoms with Crippen molar-refractivity contribution < 1.29 is 24.2 Å². The molecule has 2 amide bonds. The van der Waals surface area contributed by atoms with Gasteiger partial charge in [-0.05, 0) is 19.3 Å². The van der Waals surface area contributed by atoms with Crippen LogP contribution in [0.2, 0.25) is 0 Å². The summed E-state index contributed by atoms with van der Waals surface area (Å²) in [6, 6.07) is -0.606. The fourth-order valence-electron chi connectivity index (χ4n) is 2.92. The third-order valence-corrected chi connectivity index (χ3v) is 4.09. The third kappa shape index (κ3) is 2.92. The van der Waals surface area contributed by atoms with E-state index in [1.54, 1.807) is 0 Å². The first kappa shape index (κ1) is 14.8. The summed E-state index contributed by atoms with van der Waals surface area (Å²) >= 11 is 0. The molecule has 1 saturated heterocycles. The average Bonchev–Trinajstić information content (AvgIpc) is 2.95. The number of amides is 2. The zero-order chi connectivity index (χ0) is 14.7. The van der Waals surface area contributed by atoms with Crippen LogP contribution in [0.25, 0.3) is 0 Å². The van der Waals surface area contributed by atoms with Crippen molar-refractivity contribution in [3.63, 3.8) is 0 Å². The number of ether oxygens (including phenoxy) is 1. The van der Waals surface area contributed by atoms with Crippen LogP contribution >= 0.6 is 0 Å². The summed E-state index contributed by atoms with van der Waals surface area (Å²) in [5.41, 5.74) is 0. The van der Waals surface area contributed by atoms with Gasteiger partial charge in [-0.3, -0.25) is 14.4 Å². The van der Waals surface area contributed by atoms with Crippen LogP contribution < -0.4 is 5.32 Å². The van der Waals surface area contributed by atoms with E-state index in [2.05, 4.69) is 5.32 Å². The number of carbonyl (C=O) groups excluding carboxylic acids is 2. The third-order valence-electron chi connectivity index (χ3n) is 4.09. The lowest BCUT2D eigenvalue weighted by molar-refractivity contribution is -0.151. The highest BCUT2D eigenvalue weighted by Gasteiger charge is 2.40. The number of hydrogen-bond acceptors (Lipinski definition) is 4. The lowest BCUT2D eigenvalue weighted by Crippen LogP contribution is -2.56. The van der Waals surface area contributed by atoms with Gasteiger partial charge >= 0.3 is 5.97 Å². The van der Waals surface area contributed by atoms with Crippen molar-refractivity contribution in [1.29, 1.82) is 0 Å². The van der Waals surface area contributed by atoms with Crippen LogP contribution in [0.1, 0.15) is 19.3 Å². The molecule has 3 atom stereocenters. The normalized spacial score (nSPS) is 30.1. The van der Waals surface area contributed by atoms with E-state index in [0.29, 0.717) is 32.4 Å².